The highest BCUT2D eigenvalue weighted by molar-refractivity contribution is 5.66. The lowest BCUT2D eigenvalue weighted by atomic mass is 9.76. The Bertz CT molecular complexity index is 336. The fourth-order valence-electron chi connectivity index (χ4n) is 1.77. The number of aliphatic hydroxyl groups excluding tert-OH is 1. The molecule has 74 valence electrons. The van der Waals surface area contributed by atoms with Gasteiger partial charge in [-0.15, -0.1) is 0 Å². The van der Waals surface area contributed by atoms with Gasteiger partial charge in [-0.3, -0.25) is 0 Å². The van der Waals surface area contributed by atoms with E-state index in [1.54, 1.807) is 12.1 Å². The molecule has 1 aromatic carbocycles. The standard InChI is InChI=1S/C12H13FO/c1-8(10-6-12(14)7-10)9-2-4-11(13)5-3-9/h2-5,10,12,14H,1,6-7H2. The molecule has 1 aliphatic carbocycles. The van der Waals surface area contributed by atoms with Crippen molar-refractivity contribution in [2.45, 2.75) is 18.9 Å². The number of halogens is 1. The smallest absolute Gasteiger partial charge is 0.123 e. The summed E-state index contributed by atoms with van der Waals surface area (Å²) < 4.78 is 12.6. The Morgan fingerprint density at radius 2 is 1.86 bits per heavy atom. The highest BCUT2D eigenvalue weighted by Gasteiger charge is 2.29. The van der Waals surface area contributed by atoms with Crippen molar-refractivity contribution in [3.8, 4) is 0 Å². The Kier molecular flexibility index (Phi) is 2.38. The van der Waals surface area contributed by atoms with E-state index in [0.717, 1.165) is 24.0 Å². The van der Waals surface area contributed by atoms with E-state index < -0.39 is 0 Å². The van der Waals surface area contributed by atoms with Gasteiger partial charge < -0.3 is 5.11 Å². The van der Waals surface area contributed by atoms with Crippen LogP contribution in [0.3, 0.4) is 0 Å². The summed E-state index contributed by atoms with van der Waals surface area (Å²) in [4.78, 5) is 0. The van der Waals surface area contributed by atoms with E-state index in [0.29, 0.717) is 5.92 Å². The minimum atomic E-state index is -0.227. The minimum absolute atomic E-state index is 0.169. The summed E-state index contributed by atoms with van der Waals surface area (Å²) in [6.45, 7) is 3.98. The molecule has 0 saturated heterocycles. The third-order valence-electron chi connectivity index (χ3n) is 2.82. The number of rotatable bonds is 2. The molecule has 14 heavy (non-hydrogen) atoms. The molecule has 0 amide bonds. The summed E-state index contributed by atoms with van der Waals surface area (Å²) >= 11 is 0. The Morgan fingerprint density at radius 1 is 1.29 bits per heavy atom. The predicted octanol–water partition coefficient (Wildman–Crippen LogP) is 2.61. The molecule has 0 unspecified atom stereocenters. The first-order chi connectivity index (χ1) is 6.66. The maximum absolute atomic E-state index is 12.6. The largest absolute Gasteiger partial charge is 0.393 e. The second-order valence-electron chi connectivity index (χ2n) is 3.85. The van der Waals surface area contributed by atoms with E-state index in [9.17, 15) is 4.39 Å². The van der Waals surface area contributed by atoms with Gasteiger partial charge in [-0.25, -0.2) is 4.39 Å². The highest BCUT2D eigenvalue weighted by atomic mass is 19.1. The number of aliphatic hydroxyl groups is 1. The summed E-state index contributed by atoms with van der Waals surface area (Å²) in [7, 11) is 0. The van der Waals surface area contributed by atoms with Crippen molar-refractivity contribution in [1.29, 1.82) is 0 Å². The van der Waals surface area contributed by atoms with Gasteiger partial charge >= 0.3 is 0 Å². The molecule has 2 heteroatoms. The minimum Gasteiger partial charge on any atom is -0.393 e. The van der Waals surface area contributed by atoms with Gasteiger partial charge in [0, 0.05) is 0 Å². The molecule has 0 heterocycles. The first kappa shape index (κ1) is 9.41. The van der Waals surface area contributed by atoms with Crippen molar-refractivity contribution in [2.75, 3.05) is 0 Å². The first-order valence-electron chi connectivity index (χ1n) is 4.79. The highest BCUT2D eigenvalue weighted by Crippen LogP contribution is 2.37. The van der Waals surface area contributed by atoms with Crippen molar-refractivity contribution in [3.63, 3.8) is 0 Å². The molecular weight excluding hydrogens is 179 g/mol. The van der Waals surface area contributed by atoms with Crippen LogP contribution in [0.15, 0.2) is 30.8 Å². The van der Waals surface area contributed by atoms with Gasteiger partial charge in [0.15, 0.2) is 0 Å². The molecule has 1 fully saturated rings. The van der Waals surface area contributed by atoms with Crippen LogP contribution >= 0.6 is 0 Å². The van der Waals surface area contributed by atoms with Gasteiger partial charge in [-0.05, 0) is 42.0 Å². The maximum Gasteiger partial charge on any atom is 0.123 e. The number of hydrogen-bond donors (Lipinski definition) is 1. The molecule has 0 radical (unpaired) electrons. The van der Waals surface area contributed by atoms with Crippen LogP contribution in [-0.2, 0) is 0 Å². The van der Waals surface area contributed by atoms with Gasteiger partial charge in [0.25, 0.3) is 0 Å². The van der Waals surface area contributed by atoms with Crippen LogP contribution in [0.1, 0.15) is 18.4 Å². The molecule has 1 aromatic rings. The summed E-state index contributed by atoms with van der Waals surface area (Å²) in [6, 6.07) is 6.36. The maximum atomic E-state index is 12.6. The number of allylic oxidation sites excluding steroid dienone is 1. The van der Waals surface area contributed by atoms with Crippen LogP contribution in [0.4, 0.5) is 4.39 Å². The molecule has 1 saturated carbocycles. The number of benzene rings is 1. The van der Waals surface area contributed by atoms with Crippen LogP contribution in [0, 0.1) is 11.7 Å². The Morgan fingerprint density at radius 3 is 2.36 bits per heavy atom. The second-order valence-corrected chi connectivity index (χ2v) is 3.85. The van der Waals surface area contributed by atoms with Gasteiger partial charge in [0.2, 0.25) is 0 Å². The molecule has 0 aromatic heterocycles. The quantitative estimate of drug-likeness (QED) is 0.763. The van der Waals surface area contributed by atoms with E-state index >= 15 is 0 Å². The lowest BCUT2D eigenvalue weighted by Crippen LogP contribution is -2.28. The van der Waals surface area contributed by atoms with Crippen LogP contribution in [0.2, 0.25) is 0 Å². The summed E-state index contributed by atoms with van der Waals surface area (Å²) in [5.41, 5.74) is 1.98. The molecular formula is C12H13FO. The van der Waals surface area contributed by atoms with Gasteiger partial charge in [-0.2, -0.15) is 0 Å². The van der Waals surface area contributed by atoms with Crippen molar-refractivity contribution < 1.29 is 9.50 Å². The molecule has 1 aliphatic rings. The van der Waals surface area contributed by atoms with Crippen LogP contribution in [0.5, 0.6) is 0 Å². The zero-order valence-corrected chi connectivity index (χ0v) is 7.91. The average molecular weight is 192 g/mol. The lowest BCUT2D eigenvalue weighted by Gasteiger charge is -2.33. The van der Waals surface area contributed by atoms with E-state index in [1.165, 1.54) is 12.1 Å². The topological polar surface area (TPSA) is 20.2 Å². The molecule has 0 aliphatic heterocycles. The third-order valence-corrected chi connectivity index (χ3v) is 2.82. The van der Waals surface area contributed by atoms with Crippen molar-refractivity contribution in [2.24, 2.45) is 5.92 Å². The Balaban J connectivity index is 2.08. The van der Waals surface area contributed by atoms with Gasteiger partial charge in [0.05, 0.1) is 6.10 Å². The van der Waals surface area contributed by atoms with Crippen LogP contribution < -0.4 is 0 Å². The Hall–Kier alpha value is -1.15. The molecule has 1 N–H and O–H groups in total. The summed E-state index contributed by atoms with van der Waals surface area (Å²) in [5.74, 6) is 0.144. The van der Waals surface area contributed by atoms with E-state index in [2.05, 4.69) is 6.58 Å². The predicted molar refractivity (Wildman–Crippen MR) is 54.2 cm³/mol. The van der Waals surface area contributed by atoms with Crippen molar-refractivity contribution >= 4 is 5.57 Å². The lowest BCUT2D eigenvalue weighted by molar-refractivity contribution is 0.0668. The first-order valence-corrected chi connectivity index (χ1v) is 4.79. The van der Waals surface area contributed by atoms with Crippen molar-refractivity contribution in [1.82, 2.24) is 0 Å². The normalized spacial score (nSPS) is 25.6. The van der Waals surface area contributed by atoms with Crippen LogP contribution in [-0.4, -0.2) is 11.2 Å². The summed E-state index contributed by atoms with van der Waals surface area (Å²) in [6.07, 6.45) is 1.41. The monoisotopic (exact) mass is 192 g/mol. The molecule has 2 rings (SSSR count). The molecule has 0 atom stereocenters. The molecule has 0 spiro atoms. The molecule has 0 bridgehead atoms. The molecule has 1 nitrogen and oxygen atoms in total. The fourth-order valence-corrected chi connectivity index (χ4v) is 1.77. The fraction of sp³-hybridized carbons (Fsp3) is 0.333. The third kappa shape index (κ3) is 1.70. The average Bonchev–Trinajstić information content (AvgIpc) is 2.13. The number of hydrogen-bond acceptors (Lipinski definition) is 1. The van der Waals surface area contributed by atoms with E-state index in [1.807, 2.05) is 0 Å². The van der Waals surface area contributed by atoms with Gasteiger partial charge in [0.1, 0.15) is 5.82 Å². The zero-order chi connectivity index (χ0) is 10.1. The van der Waals surface area contributed by atoms with Gasteiger partial charge in [-0.1, -0.05) is 18.7 Å². The van der Waals surface area contributed by atoms with E-state index in [-0.39, 0.29) is 11.9 Å². The second kappa shape index (κ2) is 3.54. The van der Waals surface area contributed by atoms with Crippen LogP contribution in [0.25, 0.3) is 5.57 Å². The SMILES string of the molecule is C=C(c1ccc(F)cc1)C1CC(O)C1. The zero-order valence-electron chi connectivity index (χ0n) is 7.91. The Labute approximate surface area is 82.9 Å². The summed E-state index contributed by atoms with van der Waals surface area (Å²) in [5, 5.41) is 9.16. The van der Waals surface area contributed by atoms with Crippen molar-refractivity contribution in [3.05, 3.63) is 42.2 Å². The van der Waals surface area contributed by atoms with E-state index in [4.69, 9.17) is 5.11 Å².